The smallest absolute Gasteiger partial charge is 0.170 e. The van der Waals surface area contributed by atoms with Gasteiger partial charge >= 0.3 is 0 Å². The van der Waals surface area contributed by atoms with E-state index in [9.17, 15) is 0 Å². The number of benzene rings is 1. The van der Waals surface area contributed by atoms with Gasteiger partial charge in [0.05, 0.1) is 23.5 Å². The van der Waals surface area contributed by atoms with Crippen LogP contribution in [0.5, 0.6) is 0 Å². The summed E-state index contributed by atoms with van der Waals surface area (Å²) in [4.78, 5) is 11.2. The van der Waals surface area contributed by atoms with Crippen molar-refractivity contribution in [2.45, 2.75) is 53.2 Å². The number of nitrogens with zero attached hydrogens (tertiary/aromatic N) is 4. The molecule has 3 aromatic heterocycles. The molecule has 0 bridgehead atoms. The first kappa shape index (κ1) is 23.2. The number of aromatic nitrogens is 3. The monoisotopic (exact) mass is 481 g/mol. The van der Waals surface area contributed by atoms with Crippen LogP contribution in [-0.4, -0.2) is 24.5 Å². The molecule has 1 aromatic carbocycles. The van der Waals surface area contributed by atoms with E-state index in [2.05, 4.69) is 90.8 Å². The third-order valence-corrected chi connectivity index (χ3v) is 7.30. The first-order valence-electron chi connectivity index (χ1n) is 12.0. The molecule has 0 amide bonds. The number of pyridine rings is 2. The zero-order chi connectivity index (χ0) is 24.7. The maximum atomic E-state index is 5.89. The molecular formula is C29H31N5S. The van der Waals surface area contributed by atoms with Gasteiger partial charge in [-0.1, -0.05) is 23.8 Å². The molecule has 0 radical (unpaired) electrons. The van der Waals surface area contributed by atoms with Crippen molar-refractivity contribution in [1.29, 1.82) is 0 Å². The van der Waals surface area contributed by atoms with Gasteiger partial charge in [-0.15, -0.1) is 0 Å². The van der Waals surface area contributed by atoms with Gasteiger partial charge in [0.15, 0.2) is 5.11 Å². The molecule has 1 N–H and O–H groups in total. The maximum Gasteiger partial charge on any atom is 0.170 e. The molecule has 1 aliphatic rings. The van der Waals surface area contributed by atoms with Crippen molar-refractivity contribution in [3.05, 3.63) is 112 Å². The first-order chi connectivity index (χ1) is 16.8. The quantitative estimate of drug-likeness (QED) is 0.355. The van der Waals surface area contributed by atoms with Crippen LogP contribution < -0.4 is 5.32 Å². The Labute approximate surface area is 212 Å². The van der Waals surface area contributed by atoms with Crippen molar-refractivity contribution in [1.82, 2.24) is 24.8 Å². The predicted octanol–water partition coefficient (Wildman–Crippen LogP) is 5.98. The highest BCUT2D eigenvalue weighted by Crippen LogP contribution is 2.42. The lowest BCUT2D eigenvalue weighted by molar-refractivity contribution is 0.310. The number of hydrogen-bond acceptors (Lipinski definition) is 3. The fourth-order valence-electron chi connectivity index (χ4n) is 5.56. The number of aryl methyl sites for hydroxylation is 4. The van der Waals surface area contributed by atoms with Gasteiger partial charge in [0, 0.05) is 36.5 Å². The third kappa shape index (κ3) is 4.23. The van der Waals surface area contributed by atoms with Crippen LogP contribution in [-0.2, 0) is 6.54 Å². The average molecular weight is 482 g/mol. The Morgan fingerprint density at radius 3 is 2.29 bits per heavy atom. The zero-order valence-electron chi connectivity index (χ0n) is 20.9. The van der Waals surface area contributed by atoms with Crippen LogP contribution in [0.15, 0.2) is 67.1 Å². The van der Waals surface area contributed by atoms with Gasteiger partial charge in [-0.05, 0) is 99.4 Å². The lowest BCUT2D eigenvalue weighted by Crippen LogP contribution is -2.29. The Bertz CT molecular complexity index is 1350. The molecule has 5 nitrogen and oxygen atoms in total. The van der Waals surface area contributed by atoms with Gasteiger partial charge in [-0.3, -0.25) is 9.97 Å². The predicted molar refractivity (Wildman–Crippen MR) is 145 cm³/mol. The van der Waals surface area contributed by atoms with E-state index >= 15 is 0 Å². The Hall–Kier alpha value is -3.51. The number of thiocarbonyl (C=S) groups is 1. The van der Waals surface area contributed by atoms with Crippen LogP contribution in [0.1, 0.15) is 57.0 Å². The Morgan fingerprint density at radius 2 is 1.63 bits per heavy atom. The summed E-state index contributed by atoms with van der Waals surface area (Å²) < 4.78 is 2.40. The van der Waals surface area contributed by atoms with Crippen molar-refractivity contribution in [3.63, 3.8) is 0 Å². The van der Waals surface area contributed by atoms with E-state index in [4.69, 9.17) is 17.2 Å². The van der Waals surface area contributed by atoms with E-state index in [1.807, 2.05) is 30.7 Å². The molecule has 0 unspecified atom stereocenters. The number of rotatable bonds is 5. The summed E-state index contributed by atoms with van der Waals surface area (Å²) in [5, 5.41) is 4.33. The summed E-state index contributed by atoms with van der Waals surface area (Å²) >= 11 is 5.89. The summed E-state index contributed by atoms with van der Waals surface area (Å²) in [6, 6.07) is 17.0. The van der Waals surface area contributed by atoms with Crippen molar-refractivity contribution in [3.8, 4) is 5.69 Å². The van der Waals surface area contributed by atoms with Gasteiger partial charge in [-0.25, -0.2) is 0 Å². The maximum absolute atomic E-state index is 5.89. The minimum atomic E-state index is -0.0419. The molecule has 5 rings (SSSR count). The summed E-state index contributed by atoms with van der Waals surface area (Å²) in [6.45, 7) is 11.7. The van der Waals surface area contributed by atoms with Crippen molar-refractivity contribution >= 4 is 17.3 Å². The van der Waals surface area contributed by atoms with E-state index in [0.717, 1.165) is 10.8 Å². The van der Waals surface area contributed by atoms with Gasteiger partial charge in [0.1, 0.15) is 0 Å². The van der Waals surface area contributed by atoms with Gasteiger partial charge in [0.2, 0.25) is 0 Å². The minimum absolute atomic E-state index is 0.0107. The number of hydrogen-bond donors (Lipinski definition) is 1. The second-order valence-corrected chi connectivity index (χ2v) is 9.91. The molecular weight excluding hydrogens is 450 g/mol. The van der Waals surface area contributed by atoms with Crippen molar-refractivity contribution in [2.24, 2.45) is 0 Å². The fraction of sp³-hybridized carbons (Fsp3) is 0.276. The molecule has 1 saturated heterocycles. The van der Waals surface area contributed by atoms with E-state index < -0.39 is 0 Å². The molecule has 0 spiro atoms. The normalized spacial score (nSPS) is 17.6. The standard InChI is InChI=1S/C29H31N5S/c1-18-14-19(2)27(20(3)15-18)34-21(4)16-24(22(34)5)28-26(25-8-6-7-11-31-25)32-29(35)33(28)17-23-9-12-30-13-10-23/h6-16,26,28H,17H2,1-5H3,(H,32,35)/t26-,28+/m1/s1. The largest absolute Gasteiger partial charge is 0.352 e. The van der Waals surface area contributed by atoms with Crippen molar-refractivity contribution < 1.29 is 0 Å². The molecule has 2 atom stereocenters. The Balaban J connectivity index is 1.65. The molecule has 6 heteroatoms. The van der Waals surface area contributed by atoms with Gasteiger partial charge < -0.3 is 14.8 Å². The second-order valence-electron chi connectivity index (χ2n) is 9.52. The molecule has 1 fully saturated rings. The lowest BCUT2D eigenvalue weighted by atomic mass is 9.96. The second kappa shape index (κ2) is 9.27. The summed E-state index contributed by atoms with van der Waals surface area (Å²) in [5.41, 5.74) is 11.0. The first-order valence-corrected chi connectivity index (χ1v) is 12.4. The van der Waals surface area contributed by atoms with E-state index in [1.165, 1.54) is 44.9 Å². The van der Waals surface area contributed by atoms with Crippen LogP contribution in [0.3, 0.4) is 0 Å². The highest BCUT2D eigenvalue weighted by molar-refractivity contribution is 7.80. The van der Waals surface area contributed by atoms with Gasteiger partial charge in [0.25, 0.3) is 0 Å². The van der Waals surface area contributed by atoms with Crippen molar-refractivity contribution in [2.75, 3.05) is 0 Å². The molecule has 1 aliphatic heterocycles. The molecule has 178 valence electrons. The van der Waals surface area contributed by atoms with E-state index in [0.29, 0.717) is 6.54 Å². The van der Waals surface area contributed by atoms with Crippen LogP contribution >= 0.6 is 12.2 Å². The summed E-state index contributed by atoms with van der Waals surface area (Å²) in [6.07, 6.45) is 5.52. The van der Waals surface area contributed by atoms with E-state index in [-0.39, 0.29) is 12.1 Å². The fourth-order valence-corrected chi connectivity index (χ4v) is 5.86. The SMILES string of the molecule is Cc1cc(C)c(-n2c(C)cc([C@H]3[C@@H](c4ccccn4)NC(=S)N3Cc3ccncc3)c2C)c(C)c1. The molecule has 4 heterocycles. The van der Waals surface area contributed by atoms with Crippen LogP contribution in [0.25, 0.3) is 5.69 Å². The number of nitrogens with one attached hydrogen (secondary N) is 1. The molecule has 4 aromatic rings. The third-order valence-electron chi connectivity index (χ3n) is 6.95. The molecule has 0 saturated carbocycles. The highest BCUT2D eigenvalue weighted by atomic mass is 32.1. The van der Waals surface area contributed by atoms with Crippen LogP contribution in [0.2, 0.25) is 0 Å². The molecule has 0 aliphatic carbocycles. The zero-order valence-corrected chi connectivity index (χ0v) is 21.7. The summed E-state index contributed by atoms with van der Waals surface area (Å²) in [5.74, 6) is 0. The summed E-state index contributed by atoms with van der Waals surface area (Å²) in [7, 11) is 0. The topological polar surface area (TPSA) is 46.0 Å². The molecule has 35 heavy (non-hydrogen) atoms. The Morgan fingerprint density at radius 1 is 0.914 bits per heavy atom. The van der Waals surface area contributed by atoms with Gasteiger partial charge in [-0.2, -0.15) is 0 Å². The van der Waals surface area contributed by atoms with E-state index in [1.54, 1.807) is 0 Å². The van der Waals surface area contributed by atoms with Crippen LogP contribution in [0, 0.1) is 34.6 Å². The minimum Gasteiger partial charge on any atom is -0.352 e. The Kier molecular flexibility index (Phi) is 6.15. The highest BCUT2D eigenvalue weighted by Gasteiger charge is 2.41. The lowest BCUT2D eigenvalue weighted by Gasteiger charge is -2.28. The average Bonchev–Trinajstić information content (AvgIpc) is 3.30. The van der Waals surface area contributed by atoms with Crippen LogP contribution in [0.4, 0.5) is 0 Å².